The van der Waals surface area contributed by atoms with Crippen LogP contribution < -0.4 is 4.74 Å². The fourth-order valence-electron chi connectivity index (χ4n) is 3.95. The summed E-state index contributed by atoms with van der Waals surface area (Å²) in [5.41, 5.74) is 2.33. The molecule has 4 aromatic rings. The SMILES string of the molecule is Cc1cc(Cl)c2nc(-c3nc(-c4cc(Cl)c(OC5CCC(=O)N(COP(=O)(O)O)C5)cc4Cl)no3)cn2c1. The van der Waals surface area contributed by atoms with Gasteiger partial charge in [0, 0.05) is 30.4 Å². The molecule has 200 valence electrons. The molecule has 1 aromatic carbocycles. The second-order valence-electron chi connectivity index (χ2n) is 8.55. The van der Waals surface area contributed by atoms with E-state index in [1.165, 1.54) is 12.1 Å². The topological polar surface area (TPSA) is 153 Å². The monoisotopic (exact) mass is 601 g/mol. The molecule has 0 spiro atoms. The van der Waals surface area contributed by atoms with Crippen molar-refractivity contribution in [2.75, 3.05) is 13.3 Å². The Kier molecular flexibility index (Phi) is 7.40. The normalized spacial score (nSPS) is 16.4. The molecule has 1 amide bonds. The molecule has 3 aromatic heterocycles. The fourth-order valence-corrected chi connectivity index (χ4v) is 5.00. The maximum atomic E-state index is 12.1. The van der Waals surface area contributed by atoms with E-state index in [1.54, 1.807) is 16.7 Å². The van der Waals surface area contributed by atoms with Crippen LogP contribution in [0.1, 0.15) is 18.4 Å². The van der Waals surface area contributed by atoms with Crippen LogP contribution in [0.2, 0.25) is 15.1 Å². The Bertz CT molecular complexity index is 1590. The van der Waals surface area contributed by atoms with E-state index in [-0.39, 0.29) is 46.4 Å². The molecule has 1 fully saturated rings. The number of phosphoric acid groups is 1. The molecule has 1 aliphatic heterocycles. The minimum absolute atomic E-state index is 0.0469. The average molecular weight is 603 g/mol. The van der Waals surface area contributed by atoms with Crippen LogP contribution in [-0.2, 0) is 13.9 Å². The van der Waals surface area contributed by atoms with E-state index in [9.17, 15) is 9.36 Å². The summed E-state index contributed by atoms with van der Waals surface area (Å²) in [6.07, 6.45) is 3.57. The summed E-state index contributed by atoms with van der Waals surface area (Å²) in [7, 11) is -4.73. The van der Waals surface area contributed by atoms with Gasteiger partial charge in [0.2, 0.25) is 11.7 Å². The number of aryl methyl sites for hydroxylation is 1. The van der Waals surface area contributed by atoms with Gasteiger partial charge in [0.1, 0.15) is 24.3 Å². The lowest BCUT2D eigenvalue weighted by Crippen LogP contribution is -2.45. The summed E-state index contributed by atoms with van der Waals surface area (Å²) in [4.78, 5) is 39.9. The molecular weight excluding hydrogens is 584 g/mol. The lowest BCUT2D eigenvalue weighted by molar-refractivity contribution is -0.139. The molecule has 16 heteroatoms. The Balaban J connectivity index is 1.33. The van der Waals surface area contributed by atoms with Crippen molar-refractivity contribution in [2.45, 2.75) is 25.9 Å². The Hall–Kier alpha value is -2.70. The molecule has 1 aliphatic rings. The number of hydrogen-bond donors (Lipinski definition) is 2. The molecule has 0 radical (unpaired) electrons. The first-order chi connectivity index (χ1) is 18.0. The molecule has 0 saturated carbocycles. The molecule has 2 N–H and O–H groups in total. The van der Waals surface area contributed by atoms with E-state index in [4.69, 9.17) is 53.8 Å². The van der Waals surface area contributed by atoms with Crippen molar-refractivity contribution >= 4 is 54.2 Å². The van der Waals surface area contributed by atoms with Crippen molar-refractivity contribution in [1.29, 1.82) is 0 Å². The zero-order valence-corrected chi connectivity index (χ0v) is 22.7. The maximum absolute atomic E-state index is 12.1. The van der Waals surface area contributed by atoms with E-state index in [2.05, 4.69) is 19.6 Å². The molecule has 5 rings (SSSR count). The first kappa shape index (κ1) is 26.9. The van der Waals surface area contributed by atoms with Crippen molar-refractivity contribution in [2.24, 2.45) is 0 Å². The summed E-state index contributed by atoms with van der Waals surface area (Å²) in [6.45, 7) is 1.40. The standard InChI is InChI=1S/C22H19Cl3N5O7P/c1-11-4-16(25)21-26-17(9-29(21)7-11)22-27-20(28-37-22)13-5-15(24)18(6-14(13)23)36-12-2-3-19(31)30(8-12)10-35-38(32,33)34/h4-7,9,12H,2-3,8,10H2,1H3,(H2,32,33,34). The van der Waals surface area contributed by atoms with Gasteiger partial charge in [0.25, 0.3) is 5.89 Å². The van der Waals surface area contributed by atoms with Gasteiger partial charge in [-0.25, -0.2) is 9.55 Å². The molecular formula is C22H19Cl3N5O7P. The van der Waals surface area contributed by atoms with Gasteiger partial charge >= 0.3 is 7.82 Å². The van der Waals surface area contributed by atoms with Gasteiger partial charge in [-0.3, -0.25) is 9.32 Å². The first-order valence-electron chi connectivity index (χ1n) is 11.1. The van der Waals surface area contributed by atoms with Crippen LogP contribution in [0.4, 0.5) is 0 Å². The summed E-state index contributed by atoms with van der Waals surface area (Å²) in [5, 5.41) is 4.94. The smallest absolute Gasteiger partial charge is 0.471 e. The molecule has 1 unspecified atom stereocenters. The highest BCUT2D eigenvalue weighted by atomic mass is 35.5. The van der Waals surface area contributed by atoms with E-state index >= 15 is 0 Å². The molecule has 0 bridgehead atoms. The van der Waals surface area contributed by atoms with Gasteiger partial charge in [0.15, 0.2) is 5.65 Å². The highest BCUT2D eigenvalue weighted by molar-refractivity contribution is 7.46. The largest absolute Gasteiger partial charge is 0.487 e. The molecule has 1 atom stereocenters. The van der Waals surface area contributed by atoms with Gasteiger partial charge in [-0.1, -0.05) is 40.0 Å². The molecule has 38 heavy (non-hydrogen) atoms. The quantitative estimate of drug-likeness (QED) is 0.283. The summed E-state index contributed by atoms with van der Waals surface area (Å²) >= 11 is 19.2. The lowest BCUT2D eigenvalue weighted by atomic mass is 10.1. The Labute approximate surface area is 230 Å². The summed E-state index contributed by atoms with van der Waals surface area (Å²) in [6, 6.07) is 4.83. The predicted octanol–water partition coefficient (Wildman–Crippen LogP) is 4.76. The van der Waals surface area contributed by atoms with Crippen molar-refractivity contribution in [3.8, 4) is 28.7 Å². The number of imidazole rings is 1. The van der Waals surface area contributed by atoms with Crippen LogP contribution in [-0.4, -0.2) is 59.5 Å². The van der Waals surface area contributed by atoms with Crippen molar-refractivity contribution in [1.82, 2.24) is 24.4 Å². The van der Waals surface area contributed by atoms with Gasteiger partial charge in [-0.2, -0.15) is 4.98 Å². The molecule has 12 nitrogen and oxygen atoms in total. The third-order valence-electron chi connectivity index (χ3n) is 5.68. The number of phosphoric ester groups is 1. The van der Waals surface area contributed by atoms with Crippen LogP contribution >= 0.6 is 42.6 Å². The third-order valence-corrected chi connectivity index (χ3v) is 7.02. The first-order valence-corrected chi connectivity index (χ1v) is 13.8. The predicted molar refractivity (Wildman–Crippen MR) is 137 cm³/mol. The van der Waals surface area contributed by atoms with E-state index in [1.807, 2.05) is 13.1 Å². The maximum Gasteiger partial charge on any atom is 0.471 e. The van der Waals surface area contributed by atoms with E-state index in [0.717, 1.165) is 10.5 Å². The number of aromatic nitrogens is 4. The number of likely N-dealkylation sites (tertiary alicyclic amines) is 1. The number of pyridine rings is 1. The Morgan fingerprint density at radius 3 is 2.68 bits per heavy atom. The van der Waals surface area contributed by atoms with Crippen LogP contribution in [0.3, 0.4) is 0 Å². The summed E-state index contributed by atoms with van der Waals surface area (Å²) < 4.78 is 28.5. The summed E-state index contributed by atoms with van der Waals surface area (Å²) in [5.74, 6) is 0.287. The lowest BCUT2D eigenvalue weighted by Gasteiger charge is -2.32. The number of benzene rings is 1. The molecule has 0 aliphatic carbocycles. The van der Waals surface area contributed by atoms with Crippen LogP contribution in [0.15, 0.2) is 35.1 Å². The fraction of sp³-hybridized carbons (Fsp3) is 0.273. The van der Waals surface area contributed by atoms with Gasteiger partial charge in [0.05, 0.1) is 21.6 Å². The number of carbonyl (C=O) groups excluding carboxylic acids is 1. The second kappa shape index (κ2) is 10.5. The van der Waals surface area contributed by atoms with E-state index in [0.29, 0.717) is 28.3 Å². The zero-order chi connectivity index (χ0) is 27.2. The zero-order valence-electron chi connectivity index (χ0n) is 19.5. The number of ether oxygens (including phenoxy) is 1. The number of amides is 1. The average Bonchev–Trinajstić information content (AvgIpc) is 3.48. The number of rotatable bonds is 7. The van der Waals surface area contributed by atoms with E-state index < -0.39 is 20.7 Å². The number of fused-ring (bicyclic) bond motifs is 1. The number of nitrogens with zero attached hydrogens (tertiary/aromatic N) is 5. The number of piperidine rings is 1. The molecule has 4 heterocycles. The number of carbonyl (C=O) groups is 1. The number of halogens is 3. The highest BCUT2D eigenvalue weighted by Crippen LogP contribution is 2.38. The van der Waals surface area contributed by atoms with Crippen molar-refractivity contribution < 1.29 is 32.9 Å². The Morgan fingerprint density at radius 2 is 1.92 bits per heavy atom. The third kappa shape index (κ3) is 5.81. The van der Waals surface area contributed by atoms with Crippen molar-refractivity contribution in [3.05, 3.63) is 51.2 Å². The van der Waals surface area contributed by atoms with Crippen LogP contribution in [0.25, 0.3) is 28.6 Å². The van der Waals surface area contributed by atoms with Crippen LogP contribution in [0, 0.1) is 6.92 Å². The molecule has 1 saturated heterocycles. The number of hydrogen-bond acceptors (Lipinski definition) is 8. The minimum Gasteiger partial charge on any atom is -0.487 e. The second-order valence-corrected chi connectivity index (χ2v) is 11.0. The van der Waals surface area contributed by atoms with Gasteiger partial charge < -0.3 is 28.3 Å². The van der Waals surface area contributed by atoms with Crippen LogP contribution in [0.5, 0.6) is 5.75 Å². The Morgan fingerprint density at radius 1 is 1.13 bits per heavy atom. The highest BCUT2D eigenvalue weighted by Gasteiger charge is 2.30. The van der Waals surface area contributed by atoms with Crippen molar-refractivity contribution in [3.63, 3.8) is 0 Å². The minimum atomic E-state index is -4.73. The van der Waals surface area contributed by atoms with Gasteiger partial charge in [-0.05, 0) is 31.0 Å². The van der Waals surface area contributed by atoms with Gasteiger partial charge in [-0.15, -0.1) is 0 Å².